The number of hydrogen-bond donors (Lipinski definition) is 0. The van der Waals surface area contributed by atoms with Crippen LogP contribution in [0.5, 0.6) is 0 Å². The number of hydrogen-bond acceptors (Lipinski definition) is 2. The first-order chi connectivity index (χ1) is 8.65. The highest BCUT2D eigenvalue weighted by Crippen LogP contribution is 2.25. The number of nitrogens with zero attached hydrogens (tertiary/aromatic N) is 3. The van der Waals surface area contributed by atoms with Crippen molar-refractivity contribution in [2.45, 2.75) is 53.1 Å². The molecule has 1 saturated heterocycles. The van der Waals surface area contributed by atoms with Crippen LogP contribution in [0.1, 0.15) is 45.0 Å². The Morgan fingerprint density at radius 1 is 1.28 bits per heavy atom. The lowest BCUT2D eigenvalue weighted by Crippen LogP contribution is -2.33. The van der Waals surface area contributed by atoms with Gasteiger partial charge in [-0.15, -0.1) is 0 Å². The highest BCUT2D eigenvalue weighted by Gasteiger charge is 2.20. The third kappa shape index (κ3) is 2.97. The van der Waals surface area contributed by atoms with E-state index in [1.165, 1.54) is 41.8 Å². The van der Waals surface area contributed by atoms with Crippen LogP contribution >= 0.6 is 15.9 Å². The minimum Gasteiger partial charge on any atom is -0.297 e. The van der Waals surface area contributed by atoms with Crippen molar-refractivity contribution in [2.24, 2.45) is 5.92 Å². The fourth-order valence-corrected chi connectivity index (χ4v) is 3.29. The molecule has 0 unspecified atom stereocenters. The van der Waals surface area contributed by atoms with Gasteiger partial charge in [0.15, 0.2) is 0 Å². The molecule has 1 aliphatic heterocycles. The molecule has 0 N–H and O–H groups in total. The zero-order chi connectivity index (χ0) is 13.1. The van der Waals surface area contributed by atoms with E-state index < -0.39 is 0 Å². The summed E-state index contributed by atoms with van der Waals surface area (Å²) in [7, 11) is 0. The third-order valence-electron chi connectivity index (χ3n) is 3.94. The summed E-state index contributed by atoms with van der Waals surface area (Å²) in [5, 5.41) is 4.67. The van der Waals surface area contributed by atoms with Gasteiger partial charge in [-0.1, -0.05) is 13.8 Å². The van der Waals surface area contributed by atoms with Crippen molar-refractivity contribution < 1.29 is 0 Å². The molecule has 18 heavy (non-hydrogen) atoms. The Balaban J connectivity index is 2.10. The summed E-state index contributed by atoms with van der Waals surface area (Å²) in [6.45, 7) is 11.1. The second-order valence-corrected chi connectivity index (χ2v) is 6.13. The molecule has 0 amide bonds. The van der Waals surface area contributed by atoms with Crippen LogP contribution in [-0.4, -0.2) is 27.8 Å². The smallest absolute Gasteiger partial charge is 0.0767 e. The van der Waals surface area contributed by atoms with Gasteiger partial charge in [-0.25, -0.2) is 0 Å². The lowest BCUT2D eigenvalue weighted by atomic mass is 9.99. The van der Waals surface area contributed by atoms with Crippen molar-refractivity contribution >= 4 is 15.9 Å². The first-order valence-electron chi connectivity index (χ1n) is 7.12. The molecule has 4 heteroatoms. The number of piperidine rings is 1. The third-order valence-corrected chi connectivity index (χ3v) is 4.86. The van der Waals surface area contributed by atoms with Crippen LogP contribution in [0.3, 0.4) is 0 Å². The van der Waals surface area contributed by atoms with E-state index in [-0.39, 0.29) is 0 Å². The van der Waals surface area contributed by atoms with Crippen LogP contribution in [-0.2, 0) is 19.5 Å². The van der Waals surface area contributed by atoms with Gasteiger partial charge in [-0.3, -0.25) is 9.58 Å². The standard InChI is InChI=1S/C14H24BrN3/c1-4-12-14(15)13(18(5-2)16-12)10-17-8-6-11(3)7-9-17/h11H,4-10H2,1-3H3. The molecule has 0 atom stereocenters. The maximum absolute atomic E-state index is 4.67. The molecule has 102 valence electrons. The van der Waals surface area contributed by atoms with E-state index >= 15 is 0 Å². The van der Waals surface area contributed by atoms with E-state index in [4.69, 9.17) is 0 Å². The van der Waals surface area contributed by atoms with E-state index in [1.54, 1.807) is 0 Å². The predicted octanol–water partition coefficient (Wildman–Crippen LogP) is 3.46. The van der Waals surface area contributed by atoms with Gasteiger partial charge in [-0.2, -0.15) is 5.10 Å². The lowest BCUT2D eigenvalue weighted by molar-refractivity contribution is 0.180. The van der Waals surface area contributed by atoms with Crippen LogP contribution in [0.15, 0.2) is 4.47 Å². The topological polar surface area (TPSA) is 21.1 Å². The van der Waals surface area contributed by atoms with Crippen molar-refractivity contribution in [1.82, 2.24) is 14.7 Å². The summed E-state index contributed by atoms with van der Waals surface area (Å²) in [6.07, 6.45) is 3.66. The van der Waals surface area contributed by atoms with Crippen molar-refractivity contribution in [1.29, 1.82) is 0 Å². The normalized spacial score (nSPS) is 18.4. The summed E-state index contributed by atoms with van der Waals surface area (Å²) in [5.74, 6) is 0.895. The van der Waals surface area contributed by atoms with Gasteiger partial charge in [-0.05, 0) is 61.1 Å². The molecule has 0 aromatic carbocycles. The Hall–Kier alpha value is -0.350. The van der Waals surface area contributed by atoms with Gasteiger partial charge in [0.1, 0.15) is 0 Å². The Bertz CT molecular complexity index is 392. The molecular weight excluding hydrogens is 290 g/mol. The number of likely N-dealkylation sites (tertiary alicyclic amines) is 1. The largest absolute Gasteiger partial charge is 0.297 e. The fourth-order valence-electron chi connectivity index (χ4n) is 2.60. The van der Waals surface area contributed by atoms with Gasteiger partial charge in [0, 0.05) is 13.1 Å². The fraction of sp³-hybridized carbons (Fsp3) is 0.786. The molecule has 1 aromatic rings. The molecule has 0 saturated carbocycles. The number of halogens is 1. The number of aromatic nitrogens is 2. The van der Waals surface area contributed by atoms with Crippen molar-refractivity contribution in [3.8, 4) is 0 Å². The van der Waals surface area contributed by atoms with E-state index in [2.05, 4.69) is 51.4 Å². The van der Waals surface area contributed by atoms with E-state index in [1.807, 2.05) is 0 Å². The molecule has 2 rings (SSSR count). The zero-order valence-electron chi connectivity index (χ0n) is 11.7. The van der Waals surface area contributed by atoms with Crippen LogP contribution in [0.4, 0.5) is 0 Å². The molecule has 1 aliphatic rings. The van der Waals surface area contributed by atoms with E-state index in [0.29, 0.717) is 0 Å². The van der Waals surface area contributed by atoms with Gasteiger partial charge in [0.25, 0.3) is 0 Å². The average Bonchev–Trinajstić information content (AvgIpc) is 2.69. The Kier molecular flexibility index (Phi) is 4.84. The van der Waals surface area contributed by atoms with Crippen molar-refractivity contribution in [3.63, 3.8) is 0 Å². The molecule has 0 aliphatic carbocycles. The van der Waals surface area contributed by atoms with Crippen LogP contribution in [0.2, 0.25) is 0 Å². The Morgan fingerprint density at radius 2 is 1.94 bits per heavy atom. The minimum atomic E-state index is 0.895. The first kappa shape index (κ1) is 14.1. The van der Waals surface area contributed by atoms with Gasteiger partial charge >= 0.3 is 0 Å². The lowest BCUT2D eigenvalue weighted by Gasteiger charge is -2.30. The van der Waals surface area contributed by atoms with Gasteiger partial charge < -0.3 is 0 Å². The Labute approximate surface area is 119 Å². The predicted molar refractivity (Wildman–Crippen MR) is 78.7 cm³/mol. The second kappa shape index (κ2) is 6.20. The van der Waals surface area contributed by atoms with Crippen LogP contribution in [0.25, 0.3) is 0 Å². The second-order valence-electron chi connectivity index (χ2n) is 5.34. The van der Waals surface area contributed by atoms with Crippen LogP contribution in [0, 0.1) is 5.92 Å². The van der Waals surface area contributed by atoms with E-state index in [0.717, 1.165) is 25.4 Å². The van der Waals surface area contributed by atoms with Gasteiger partial charge in [0.2, 0.25) is 0 Å². The highest BCUT2D eigenvalue weighted by molar-refractivity contribution is 9.10. The molecule has 3 nitrogen and oxygen atoms in total. The molecule has 1 aromatic heterocycles. The van der Waals surface area contributed by atoms with Crippen molar-refractivity contribution in [3.05, 3.63) is 15.9 Å². The SMILES string of the molecule is CCc1nn(CC)c(CN2CCC(C)CC2)c1Br. The summed E-state index contributed by atoms with van der Waals surface area (Å²) in [5.41, 5.74) is 2.54. The average molecular weight is 314 g/mol. The quantitative estimate of drug-likeness (QED) is 0.848. The Morgan fingerprint density at radius 3 is 2.50 bits per heavy atom. The monoisotopic (exact) mass is 313 g/mol. The molecule has 2 heterocycles. The number of aryl methyl sites for hydroxylation is 2. The van der Waals surface area contributed by atoms with Crippen molar-refractivity contribution in [2.75, 3.05) is 13.1 Å². The van der Waals surface area contributed by atoms with Gasteiger partial charge in [0.05, 0.1) is 15.9 Å². The highest BCUT2D eigenvalue weighted by atomic mass is 79.9. The molecule has 0 bridgehead atoms. The first-order valence-corrected chi connectivity index (χ1v) is 7.91. The molecule has 1 fully saturated rings. The summed E-state index contributed by atoms with van der Waals surface area (Å²) in [6, 6.07) is 0. The zero-order valence-corrected chi connectivity index (χ0v) is 13.3. The van der Waals surface area contributed by atoms with Crippen LogP contribution < -0.4 is 0 Å². The minimum absolute atomic E-state index is 0.895. The maximum Gasteiger partial charge on any atom is 0.0767 e. The maximum atomic E-state index is 4.67. The molecule has 0 radical (unpaired) electrons. The molecule has 0 spiro atoms. The number of rotatable bonds is 4. The summed E-state index contributed by atoms with van der Waals surface area (Å²) in [4.78, 5) is 2.56. The summed E-state index contributed by atoms with van der Waals surface area (Å²) >= 11 is 3.73. The molecular formula is C14H24BrN3. The van der Waals surface area contributed by atoms with E-state index in [9.17, 15) is 0 Å². The summed E-state index contributed by atoms with van der Waals surface area (Å²) < 4.78 is 3.38.